The molecule has 0 aromatic rings. The van der Waals surface area contributed by atoms with Crippen LogP contribution in [0.5, 0.6) is 0 Å². The Labute approximate surface area is 194 Å². The zero-order chi connectivity index (χ0) is 22.1. The summed E-state index contributed by atoms with van der Waals surface area (Å²) in [6, 6.07) is 0. The Kier molecular flexibility index (Phi) is 15.1. The Balaban J connectivity index is 3.01. The third kappa shape index (κ3) is 9.05. The Morgan fingerprint density at radius 3 is 1.30 bits per heavy atom. The van der Waals surface area contributed by atoms with E-state index in [1.807, 2.05) is 0 Å². The van der Waals surface area contributed by atoms with Gasteiger partial charge in [0.15, 0.2) is 0 Å². The second kappa shape index (κ2) is 16.3. The zero-order valence-electron chi connectivity index (χ0n) is 21.0. The molecule has 1 rings (SSSR count). The first-order valence-corrected chi connectivity index (χ1v) is 14.0. The Morgan fingerprint density at radius 1 is 0.567 bits per heavy atom. The van der Waals surface area contributed by atoms with Gasteiger partial charge in [-0.1, -0.05) is 118 Å². The largest absolute Gasteiger partial charge is 0.462 e. The molecule has 30 heavy (non-hydrogen) atoms. The van der Waals surface area contributed by atoms with Crippen LogP contribution in [-0.4, -0.2) is 16.3 Å². The highest BCUT2D eigenvalue weighted by Crippen LogP contribution is 2.47. The van der Waals surface area contributed by atoms with E-state index in [0.29, 0.717) is 5.17 Å². The van der Waals surface area contributed by atoms with E-state index in [1.165, 1.54) is 128 Å². The van der Waals surface area contributed by atoms with Crippen LogP contribution in [-0.2, 0) is 4.74 Å². The summed E-state index contributed by atoms with van der Waals surface area (Å²) in [6.45, 7) is 9.21. The van der Waals surface area contributed by atoms with E-state index < -0.39 is 0 Å². The third-order valence-corrected chi connectivity index (χ3v) is 7.47. The van der Waals surface area contributed by atoms with Crippen LogP contribution in [0.1, 0.15) is 156 Å². The maximum atomic E-state index is 6.66. The van der Waals surface area contributed by atoms with Gasteiger partial charge in [-0.05, 0) is 50.7 Å². The van der Waals surface area contributed by atoms with E-state index in [-0.39, 0.29) is 11.1 Å². The lowest BCUT2D eigenvalue weighted by Gasteiger charge is -2.44. The summed E-state index contributed by atoms with van der Waals surface area (Å²) in [5.74, 6) is 0. The van der Waals surface area contributed by atoms with E-state index in [2.05, 4.69) is 33.0 Å². The number of unbranched alkanes of at least 4 members (excludes halogenated alkanes) is 12. The molecule has 178 valence electrons. The van der Waals surface area contributed by atoms with E-state index in [1.54, 1.807) is 0 Å². The molecule has 1 saturated heterocycles. The molecule has 0 saturated carbocycles. The molecular formula is C27H53NOS. The molecule has 1 aliphatic rings. The van der Waals surface area contributed by atoms with Gasteiger partial charge in [-0.25, -0.2) is 0 Å². The molecule has 0 unspecified atom stereocenters. The first kappa shape index (κ1) is 27.7. The molecule has 1 fully saturated rings. The first-order chi connectivity index (χ1) is 14.6. The minimum Gasteiger partial charge on any atom is -0.462 e. The van der Waals surface area contributed by atoms with E-state index >= 15 is 0 Å². The predicted octanol–water partition coefficient (Wildman–Crippen LogP) is 9.25. The summed E-state index contributed by atoms with van der Waals surface area (Å²) in [5.41, 5.74) is -0.0199. The summed E-state index contributed by atoms with van der Waals surface area (Å²) in [6.07, 6.45) is 25.8. The van der Waals surface area contributed by atoms with Crippen molar-refractivity contribution in [3.8, 4) is 0 Å². The molecule has 0 radical (unpaired) electrons. The van der Waals surface area contributed by atoms with Crippen LogP contribution < -0.4 is 5.32 Å². The summed E-state index contributed by atoms with van der Waals surface area (Å²) in [5, 5.41) is 4.49. The molecule has 3 heteroatoms. The lowest BCUT2D eigenvalue weighted by Crippen LogP contribution is -2.57. The Hall–Kier alpha value is -0.310. The maximum absolute atomic E-state index is 6.66. The highest BCUT2D eigenvalue weighted by Gasteiger charge is 2.57. The van der Waals surface area contributed by atoms with E-state index in [9.17, 15) is 0 Å². The minimum atomic E-state index is -0.0794. The topological polar surface area (TPSA) is 21.3 Å². The van der Waals surface area contributed by atoms with Crippen molar-refractivity contribution in [2.24, 2.45) is 0 Å². The Bertz CT molecular complexity index is 375. The summed E-state index contributed by atoms with van der Waals surface area (Å²) in [4.78, 5) is 0. The molecular weight excluding hydrogens is 386 g/mol. The number of nitrogens with one attached hydrogen (secondary N) is 1. The number of rotatable bonds is 20. The van der Waals surface area contributed by atoms with E-state index in [4.69, 9.17) is 17.0 Å². The monoisotopic (exact) mass is 439 g/mol. The van der Waals surface area contributed by atoms with Crippen molar-refractivity contribution >= 4 is 17.4 Å². The fourth-order valence-electron chi connectivity index (χ4n) is 5.40. The van der Waals surface area contributed by atoms with Gasteiger partial charge in [0.2, 0.25) is 0 Å². The van der Waals surface area contributed by atoms with Crippen LogP contribution >= 0.6 is 12.2 Å². The van der Waals surface area contributed by atoms with Crippen LogP contribution in [0.2, 0.25) is 0 Å². The molecule has 0 aliphatic carbocycles. The SMILES string of the molecule is CCCCCCC1(CCCCCC)NC(=S)OC1(CCCCCC)CCCCCC. The van der Waals surface area contributed by atoms with Crippen LogP contribution in [0, 0.1) is 0 Å². The molecule has 0 spiro atoms. The van der Waals surface area contributed by atoms with Crippen molar-refractivity contribution in [1.82, 2.24) is 5.32 Å². The smallest absolute Gasteiger partial charge is 0.257 e. The highest BCUT2D eigenvalue weighted by atomic mass is 32.1. The average molecular weight is 440 g/mol. The van der Waals surface area contributed by atoms with Gasteiger partial charge in [0.1, 0.15) is 5.60 Å². The predicted molar refractivity (Wildman–Crippen MR) is 137 cm³/mol. The van der Waals surface area contributed by atoms with Gasteiger partial charge < -0.3 is 10.1 Å². The average Bonchev–Trinajstić information content (AvgIpc) is 3.01. The molecule has 1 aliphatic heterocycles. The van der Waals surface area contributed by atoms with Gasteiger partial charge >= 0.3 is 0 Å². The third-order valence-electron chi connectivity index (χ3n) is 7.28. The summed E-state index contributed by atoms with van der Waals surface area (Å²) < 4.78 is 6.66. The number of thiocarbonyl (C=S) groups is 1. The van der Waals surface area contributed by atoms with Gasteiger partial charge in [0.05, 0.1) is 5.54 Å². The quantitative estimate of drug-likeness (QED) is 0.151. The second-order valence-corrected chi connectivity index (χ2v) is 10.2. The molecule has 1 heterocycles. The van der Waals surface area contributed by atoms with Gasteiger partial charge in [-0.3, -0.25) is 0 Å². The number of ether oxygens (including phenoxy) is 1. The fourth-order valence-corrected chi connectivity index (χ4v) is 5.76. The van der Waals surface area contributed by atoms with Gasteiger partial charge in [-0.15, -0.1) is 0 Å². The van der Waals surface area contributed by atoms with E-state index in [0.717, 1.165) is 0 Å². The molecule has 0 aromatic heterocycles. The summed E-state index contributed by atoms with van der Waals surface area (Å²) >= 11 is 5.69. The lowest BCUT2D eigenvalue weighted by atomic mass is 9.68. The zero-order valence-corrected chi connectivity index (χ0v) is 21.8. The molecule has 2 nitrogen and oxygen atoms in total. The van der Waals surface area contributed by atoms with Gasteiger partial charge in [0.25, 0.3) is 5.17 Å². The molecule has 0 amide bonds. The fraction of sp³-hybridized carbons (Fsp3) is 0.963. The van der Waals surface area contributed by atoms with Crippen molar-refractivity contribution in [1.29, 1.82) is 0 Å². The van der Waals surface area contributed by atoms with Crippen molar-refractivity contribution in [3.63, 3.8) is 0 Å². The van der Waals surface area contributed by atoms with Crippen molar-refractivity contribution < 1.29 is 4.74 Å². The van der Waals surface area contributed by atoms with Crippen LogP contribution in [0.15, 0.2) is 0 Å². The van der Waals surface area contributed by atoms with Crippen LogP contribution in [0.25, 0.3) is 0 Å². The van der Waals surface area contributed by atoms with Gasteiger partial charge in [0, 0.05) is 0 Å². The number of hydrogen-bond acceptors (Lipinski definition) is 2. The first-order valence-electron chi connectivity index (χ1n) is 13.6. The standard InChI is InChI=1S/C27H53NOS/c1-5-9-13-17-21-26(22-18-14-10-6-2)27(29-25(30)28-26,23-19-15-11-7-3)24-20-16-12-8-4/h5-24H2,1-4H3,(H,28,30). The molecule has 0 bridgehead atoms. The molecule has 0 aromatic carbocycles. The van der Waals surface area contributed by atoms with Crippen LogP contribution in [0.3, 0.4) is 0 Å². The van der Waals surface area contributed by atoms with Crippen molar-refractivity contribution in [2.45, 2.75) is 167 Å². The lowest BCUT2D eigenvalue weighted by molar-refractivity contribution is -0.0166. The minimum absolute atomic E-state index is 0.0595. The summed E-state index contributed by atoms with van der Waals surface area (Å²) in [7, 11) is 0. The molecule has 1 N–H and O–H groups in total. The normalized spacial score (nSPS) is 17.1. The van der Waals surface area contributed by atoms with Crippen molar-refractivity contribution in [3.05, 3.63) is 0 Å². The highest BCUT2D eigenvalue weighted by molar-refractivity contribution is 7.80. The molecule has 0 atom stereocenters. The second-order valence-electron chi connectivity index (χ2n) is 9.83. The van der Waals surface area contributed by atoms with Gasteiger partial charge in [-0.2, -0.15) is 0 Å². The Morgan fingerprint density at radius 2 is 0.933 bits per heavy atom. The maximum Gasteiger partial charge on any atom is 0.257 e. The number of hydrogen-bond donors (Lipinski definition) is 1. The van der Waals surface area contributed by atoms with Crippen LogP contribution in [0.4, 0.5) is 0 Å². The van der Waals surface area contributed by atoms with Crippen molar-refractivity contribution in [2.75, 3.05) is 0 Å².